The van der Waals surface area contributed by atoms with Crippen molar-refractivity contribution in [3.8, 4) is 11.3 Å². The highest BCUT2D eigenvalue weighted by molar-refractivity contribution is 6.30. The first-order valence-electron chi connectivity index (χ1n) is 7.44. The number of anilines is 1. The smallest absolute Gasteiger partial charge is 0.263 e. The van der Waals surface area contributed by atoms with Gasteiger partial charge in [-0.25, -0.2) is 4.98 Å². The number of nitrogens with one attached hydrogen (secondary N) is 1. The number of aromatic nitrogens is 3. The van der Waals surface area contributed by atoms with Crippen molar-refractivity contribution >= 4 is 28.5 Å². The summed E-state index contributed by atoms with van der Waals surface area (Å²) in [7, 11) is 0. The molecule has 0 spiro atoms. The van der Waals surface area contributed by atoms with Gasteiger partial charge in [0.15, 0.2) is 0 Å². The number of hydrogen-bond acceptors (Lipinski definition) is 5. The molecule has 22 heavy (non-hydrogen) atoms. The minimum Gasteiger partial charge on any atom is -0.367 e. The largest absolute Gasteiger partial charge is 0.367 e. The van der Waals surface area contributed by atoms with Crippen molar-refractivity contribution in [2.45, 2.75) is 31.7 Å². The van der Waals surface area contributed by atoms with E-state index in [4.69, 9.17) is 16.1 Å². The summed E-state index contributed by atoms with van der Waals surface area (Å²) in [6.45, 7) is 0. The topological polar surface area (TPSA) is 63.8 Å². The number of rotatable bonds is 3. The normalized spacial score (nSPS) is 15.5. The Balaban J connectivity index is 1.80. The second-order valence-electron chi connectivity index (χ2n) is 5.57. The summed E-state index contributed by atoms with van der Waals surface area (Å²) in [4.78, 5) is 8.57. The predicted molar refractivity (Wildman–Crippen MR) is 85.9 cm³/mol. The first-order valence-corrected chi connectivity index (χ1v) is 7.82. The van der Waals surface area contributed by atoms with Crippen molar-refractivity contribution in [3.05, 3.63) is 35.6 Å². The Hall–Kier alpha value is -2.14. The van der Waals surface area contributed by atoms with Crippen LogP contribution in [0.3, 0.4) is 0 Å². The first kappa shape index (κ1) is 13.5. The summed E-state index contributed by atoms with van der Waals surface area (Å²) in [6, 6.07) is 7.99. The molecule has 1 aliphatic rings. The molecule has 0 amide bonds. The molecule has 1 aliphatic carbocycles. The van der Waals surface area contributed by atoms with Gasteiger partial charge in [-0.05, 0) is 25.0 Å². The van der Waals surface area contributed by atoms with Crippen molar-refractivity contribution in [2.75, 3.05) is 5.32 Å². The maximum absolute atomic E-state index is 5.96. The molecule has 0 saturated heterocycles. The number of fused-ring (bicyclic) bond motifs is 1. The zero-order chi connectivity index (χ0) is 14.9. The molecule has 1 N–H and O–H groups in total. The lowest BCUT2D eigenvalue weighted by Crippen LogP contribution is -2.15. The number of hydrogen-bond donors (Lipinski definition) is 1. The molecule has 0 atom stereocenters. The molecule has 6 heteroatoms. The monoisotopic (exact) mass is 314 g/mol. The SMILES string of the molecule is Clc1ccc(-c2noc3ncnc(NC4CCCC4)c23)cc1. The van der Waals surface area contributed by atoms with Gasteiger partial charge in [0.05, 0.1) is 0 Å². The highest BCUT2D eigenvalue weighted by atomic mass is 35.5. The Morgan fingerprint density at radius 1 is 1.09 bits per heavy atom. The summed E-state index contributed by atoms with van der Waals surface area (Å²) in [5, 5.41) is 9.21. The van der Waals surface area contributed by atoms with Crippen LogP contribution in [-0.2, 0) is 0 Å². The lowest BCUT2D eigenvalue weighted by Gasteiger charge is -2.12. The molecular weight excluding hydrogens is 300 g/mol. The fraction of sp³-hybridized carbons (Fsp3) is 0.312. The Morgan fingerprint density at radius 2 is 1.86 bits per heavy atom. The van der Waals surface area contributed by atoms with Crippen molar-refractivity contribution in [2.24, 2.45) is 0 Å². The fourth-order valence-electron chi connectivity index (χ4n) is 2.96. The first-order chi connectivity index (χ1) is 10.8. The summed E-state index contributed by atoms with van der Waals surface area (Å²) in [5.74, 6) is 0.795. The van der Waals surface area contributed by atoms with Crippen LogP contribution >= 0.6 is 11.6 Å². The fourth-order valence-corrected chi connectivity index (χ4v) is 3.09. The van der Waals surface area contributed by atoms with Crippen LogP contribution in [0.25, 0.3) is 22.4 Å². The summed E-state index contributed by atoms with van der Waals surface area (Å²) >= 11 is 5.96. The van der Waals surface area contributed by atoms with E-state index in [9.17, 15) is 0 Å². The van der Waals surface area contributed by atoms with Gasteiger partial charge < -0.3 is 9.84 Å². The van der Waals surface area contributed by atoms with Crippen LogP contribution in [0.2, 0.25) is 5.02 Å². The summed E-state index contributed by atoms with van der Waals surface area (Å²) in [5.41, 5.74) is 2.18. The van der Waals surface area contributed by atoms with E-state index < -0.39 is 0 Å². The molecule has 2 aromatic heterocycles. The molecule has 112 valence electrons. The van der Waals surface area contributed by atoms with E-state index in [-0.39, 0.29) is 0 Å². The van der Waals surface area contributed by atoms with Gasteiger partial charge in [-0.3, -0.25) is 0 Å². The molecule has 0 unspecified atom stereocenters. The quantitative estimate of drug-likeness (QED) is 0.781. The molecule has 4 rings (SSSR count). The van der Waals surface area contributed by atoms with Crippen LogP contribution in [0.1, 0.15) is 25.7 Å². The van der Waals surface area contributed by atoms with E-state index >= 15 is 0 Å². The second-order valence-corrected chi connectivity index (χ2v) is 6.00. The van der Waals surface area contributed by atoms with Crippen LogP contribution in [-0.4, -0.2) is 21.2 Å². The van der Waals surface area contributed by atoms with Crippen molar-refractivity contribution in [3.63, 3.8) is 0 Å². The number of halogens is 1. The van der Waals surface area contributed by atoms with Gasteiger partial charge in [0.25, 0.3) is 5.71 Å². The van der Waals surface area contributed by atoms with E-state index in [1.165, 1.54) is 32.0 Å². The molecule has 0 bridgehead atoms. The highest BCUT2D eigenvalue weighted by Crippen LogP contribution is 2.33. The van der Waals surface area contributed by atoms with Gasteiger partial charge in [0, 0.05) is 16.6 Å². The van der Waals surface area contributed by atoms with E-state index in [0.717, 1.165) is 22.5 Å². The number of nitrogens with zero attached hydrogens (tertiary/aromatic N) is 3. The third-order valence-electron chi connectivity index (χ3n) is 4.09. The van der Waals surface area contributed by atoms with Crippen LogP contribution < -0.4 is 5.32 Å². The Morgan fingerprint density at radius 3 is 2.64 bits per heavy atom. The Kier molecular flexibility index (Phi) is 3.42. The van der Waals surface area contributed by atoms with Gasteiger partial charge in [-0.1, -0.05) is 41.7 Å². The van der Waals surface area contributed by atoms with Gasteiger partial charge in [0.1, 0.15) is 23.2 Å². The summed E-state index contributed by atoms with van der Waals surface area (Å²) < 4.78 is 5.36. The third kappa shape index (κ3) is 2.41. The van der Waals surface area contributed by atoms with Crippen LogP contribution in [0, 0.1) is 0 Å². The van der Waals surface area contributed by atoms with E-state index in [2.05, 4.69) is 20.4 Å². The van der Waals surface area contributed by atoms with Crippen LogP contribution in [0.5, 0.6) is 0 Å². The third-order valence-corrected chi connectivity index (χ3v) is 4.34. The second kappa shape index (κ2) is 5.57. The average Bonchev–Trinajstić information content (AvgIpc) is 3.18. The van der Waals surface area contributed by atoms with E-state index in [0.29, 0.717) is 16.8 Å². The maximum atomic E-state index is 5.96. The molecule has 0 aliphatic heterocycles. The van der Waals surface area contributed by atoms with Crippen molar-refractivity contribution in [1.82, 2.24) is 15.1 Å². The highest BCUT2D eigenvalue weighted by Gasteiger charge is 2.20. The van der Waals surface area contributed by atoms with Gasteiger partial charge >= 0.3 is 0 Å². The standard InChI is InChI=1S/C16H15ClN4O/c17-11-7-5-10(6-8-11)14-13-15(20-12-3-1-2-4-12)18-9-19-16(13)22-21-14/h5-9,12H,1-4H2,(H,18,19,20). The molecule has 1 aromatic carbocycles. The lowest BCUT2D eigenvalue weighted by molar-refractivity contribution is 0.451. The number of benzene rings is 1. The van der Waals surface area contributed by atoms with Gasteiger partial charge in [0.2, 0.25) is 0 Å². The summed E-state index contributed by atoms with van der Waals surface area (Å²) in [6.07, 6.45) is 6.38. The van der Waals surface area contributed by atoms with Crippen LogP contribution in [0.15, 0.2) is 35.1 Å². The minimum absolute atomic E-state index is 0.464. The Bertz CT molecular complexity index is 794. The van der Waals surface area contributed by atoms with Gasteiger partial charge in [-0.15, -0.1) is 0 Å². The Labute approximate surface area is 132 Å². The maximum Gasteiger partial charge on any atom is 0.263 e. The lowest BCUT2D eigenvalue weighted by atomic mass is 10.1. The molecule has 5 nitrogen and oxygen atoms in total. The van der Waals surface area contributed by atoms with E-state index in [1.54, 1.807) is 0 Å². The molecular formula is C16H15ClN4O. The molecule has 1 fully saturated rings. The predicted octanol–water partition coefficient (Wildman–Crippen LogP) is 4.29. The van der Waals surface area contributed by atoms with Crippen molar-refractivity contribution in [1.29, 1.82) is 0 Å². The zero-order valence-corrected chi connectivity index (χ0v) is 12.7. The van der Waals surface area contributed by atoms with Gasteiger partial charge in [-0.2, -0.15) is 4.98 Å². The molecule has 3 aromatic rings. The molecule has 2 heterocycles. The van der Waals surface area contributed by atoms with Crippen molar-refractivity contribution < 1.29 is 4.52 Å². The molecule has 1 saturated carbocycles. The molecule has 0 radical (unpaired) electrons. The van der Waals surface area contributed by atoms with Crippen LogP contribution in [0.4, 0.5) is 5.82 Å². The average molecular weight is 315 g/mol. The minimum atomic E-state index is 0.464. The zero-order valence-electron chi connectivity index (χ0n) is 11.9. The van der Waals surface area contributed by atoms with E-state index in [1.807, 2.05) is 24.3 Å².